The molecule has 1 aromatic rings. The van der Waals surface area contributed by atoms with Gasteiger partial charge in [-0.05, 0) is 37.4 Å². The van der Waals surface area contributed by atoms with Crippen LogP contribution in [0, 0.1) is 6.92 Å². The van der Waals surface area contributed by atoms with E-state index < -0.39 is 0 Å². The lowest BCUT2D eigenvalue weighted by molar-refractivity contribution is 0.0670. The van der Waals surface area contributed by atoms with Crippen molar-refractivity contribution < 1.29 is 9.47 Å². The molecule has 0 aliphatic heterocycles. The SMILES string of the molecule is CNCC(CCOCCOC)c1ccccc1C. The zero-order valence-corrected chi connectivity index (χ0v) is 11.7. The van der Waals surface area contributed by atoms with Crippen LogP contribution in [0.1, 0.15) is 23.5 Å². The fourth-order valence-electron chi connectivity index (χ4n) is 2.13. The molecule has 1 atom stereocenters. The molecule has 0 heterocycles. The van der Waals surface area contributed by atoms with Gasteiger partial charge in [-0.1, -0.05) is 24.3 Å². The summed E-state index contributed by atoms with van der Waals surface area (Å²) in [6.45, 7) is 5.28. The molecular formula is C15H25NO2. The predicted molar refractivity (Wildman–Crippen MR) is 75.2 cm³/mol. The minimum Gasteiger partial charge on any atom is -0.382 e. The molecule has 0 aromatic heterocycles. The molecule has 0 fully saturated rings. The van der Waals surface area contributed by atoms with Gasteiger partial charge in [0.1, 0.15) is 0 Å². The lowest BCUT2D eigenvalue weighted by Crippen LogP contribution is -2.20. The molecule has 1 rings (SSSR count). The summed E-state index contributed by atoms with van der Waals surface area (Å²) in [6.07, 6.45) is 1.04. The first-order chi connectivity index (χ1) is 8.79. The molecular weight excluding hydrogens is 226 g/mol. The first kappa shape index (κ1) is 15.2. The van der Waals surface area contributed by atoms with E-state index in [0.717, 1.165) is 19.6 Å². The zero-order chi connectivity index (χ0) is 13.2. The summed E-state index contributed by atoms with van der Waals surface area (Å²) in [6, 6.07) is 8.58. The highest BCUT2D eigenvalue weighted by molar-refractivity contribution is 5.29. The molecule has 0 aliphatic rings. The largest absolute Gasteiger partial charge is 0.382 e. The maximum atomic E-state index is 5.56. The van der Waals surface area contributed by atoms with Crippen molar-refractivity contribution in [3.05, 3.63) is 35.4 Å². The van der Waals surface area contributed by atoms with Gasteiger partial charge in [0, 0.05) is 20.3 Å². The van der Waals surface area contributed by atoms with Crippen molar-refractivity contribution in [2.24, 2.45) is 0 Å². The van der Waals surface area contributed by atoms with Crippen molar-refractivity contribution >= 4 is 0 Å². The Hall–Kier alpha value is -0.900. The van der Waals surface area contributed by atoms with Crippen LogP contribution in [0.2, 0.25) is 0 Å². The normalized spacial score (nSPS) is 12.6. The van der Waals surface area contributed by atoms with Crippen LogP contribution in [0.15, 0.2) is 24.3 Å². The van der Waals surface area contributed by atoms with Crippen molar-refractivity contribution in [3.63, 3.8) is 0 Å². The molecule has 0 aliphatic carbocycles. The summed E-state index contributed by atoms with van der Waals surface area (Å²) in [7, 11) is 3.69. The molecule has 18 heavy (non-hydrogen) atoms. The number of aryl methyl sites for hydroxylation is 1. The van der Waals surface area contributed by atoms with E-state index in [1.165, 1.54) is 11.1 Å². The van der Waals surface area contributed by atoms with Gasteiger partial charge in [-0.3, -0.25) is 0 Å². The monoisotopic (exact) mass is 251 g/mol. The molecule has 0 radical (unpaired) electrons. The summed E-state index contributed by atoms with van der Waals surface area (Å²) >= 11 is 0. The highest BCUT2D eigenvalue weighted by atomic mass is 16.5. The average Bonchev–Trinajstić information content (AvgIpc) is 2.38. The van der Waals surface area contributed by atoms with Crippen molar-refractivity contribution in [2.45, 2.75) is 19.3 Å². The predicted octanol–water partition coefficient (Wildman–Crippen LogP) is 2.35. The molecule has 1 N–H and O–H groups in total. The fraction of sp³-hybridized carbons (Fsp3) is 0.600. The molecule has 102 valence electrons. The van der Waals surface area contributed by atoms with Crippen molar-refractivity contribution in [1.82, 2.24) is 5.32 Å². The van der Waals surface area contributed by atoms with E-state index >= 15 is 0 Å². The van der Waals surface area contributed by atoms with E-state index in [9.17, 15) is 0 Å². The zero-order valence-electron chi connectivity index (χ0n) is 11.7. The number of methoxy groups -OCH3 is 1. The molecule has 0 amide bonds. The average molecular weight is 251 g/mol. The van der Waals surface area contributed by atoms with Gasteiger partial charge >= 0.3 is 0 Å². The third-order valence-electron chi connectivity index (χ3n) is 3.12. The van der Waals surface area contributed by atoms with Crippen LogP contribution in [0.25, 0.3) is 0 Å². The number of ether oxygens (including phenoxy) is 2. The van der Waals surface area contributed by atoms with E-state index in [1.807, 2.05) is 7.05 Å². The number of hydrogen-bond donors (Lipinski definition) is 1. The molecule has 0 saturated heterocycles. The molecule has 0 saturated carbocycles. The van der Waals surface area contributed by atoms with Crippen LogP contribution in [-0.4, -0.2) is 40.5 Å². The van der Waals surface area contributed by atoms with Crippen LogP contribution in [-0.2, 0) is 9.47 Å². The Morgan fingerprint density at radius 1 is 1.17 bits per heavy atom. The summed E-state index contributed by atoms with van der Waals surface area (Å²) in [5.41, 5.74) is 2.77. The van der Waals surface area contributed by atoms with Gasteiger partial charge in [-0.25, -0.2) is 0 Å². The van der Waals surface area contributed by atoms with Crippen LogP contribution in [0.3, 0.4) is 0 Å². The maximum absolute atomic E-state index is 5.56. The standard InChI is InChI=1S/C15H25NO2/c1-13-6-4-5-7-15(13)14(12-16-2)8-9-18-11-10-17-3/h4-7,14,16H,8-12H2,1-3H3. The molecule has 3 nitrogen and oxygen atoms in total. The first-order valence-corrected chi connectivity index (χ1v) is 6.56. The van der Waals surface area contributed by atoms with Gasteiger partial charge in [0.2, 0.25) is 0 Å². The summed E-state index contributed by atoms with van der Waals surface area (Å²) < 4.78 is 10.5. The Labute approximate surface area is 110 Å². The number of likely N-dealkylation sites (N-methyl/N-ethyl adjacent to an activating group) is 1. The molecule has 1 unspecified atom stereocenters. The third-order valence-corrected chi connectivity index (χ3v) is 3.12. The second kappa shape index (κ2) is 9.09. The summed E-state index contributed by atoms with van der Waals surface area (Å²) in [4.78, 5) is 0. The Morgan fingerprint density at radius 3 is 2.61 bits per heavy atom. The topological polar surface area (TPSA) is 30.5 Å². The fourth-order valence-corrected chi connectivity index (χ4v) is 2.13. The molecule has 0 spiro atoms. The molecule has 0 bridgehead atoms. The van der Waals surface area contributed by atoms with Gasteiger partial charge in [-0.2, -0.15) is 0 Å². The summed E-state index contributed by atoms with van der Waals surface area (Å²) in [5.74, 6) is 0.513. The highest BCUT2D eigenvalue weighted by Gasteiger charge is 2.12. The van der Waals surface area contributed by atoms with Crippen molar-refractivity contribution in [1.29, 1.82) is 0 Å². The Kier molecular flexibility index (Phi) is 7.65. The van der Waals surface area contributed by atoms with Gasteiger partial charge in [-0.15, -0.1) is 0 Å². The van der Waals surface area contributed by atoms with Crippen LogP contribution < -0.4 is 5.32 Å². The number of hydrogen-bond acceptors (Lipinski definition) is 3. The van der Waals surface area contributed by atoms with Crippen molar-refractivity contribution in [3.8, 4) is 0 Å². The Bertz CT molecular complexity index is 328. The van der Waals surface area contributed by atoms with Gasteiger partial charge in [0.05, 0.1) is 13.2 Å². The minimum absolute atomic E-state index is 0.513. The Balaban J connectivity index is 2.47. The van der Waals surface area contributed by atoms with Gasteiger partial charge in [0.15, 0.2) is 0 Å². The van der Waals surface area contributed by atoms with Crippen LogP contribution in [0.5, 0.6) is 0 Å². The van der Waals surface area contributed by atoms with Crippen LogP contribution >= 0.6 is 0 Å². The molecule has 3 heteroatoms. The Morgan fingerprint density at radius 2 is 1.94 bits per heavy atom. The van der Waals surface area contributed by atoms with E-state index in [-0.39, 0.29) is 0 Å². The van der Waals surface area contributed by atoms with E-state index in [4.69, 9.17) is 9.47 Å². The van der Waals surface area contributed by atoms with E-state index in [2.05, 4.69) is 36.5 Å². The first-order valence-electron chi connectivity index (χ1n) is 6.56. The van der Waals surface area contributed by atoms with Gasteiger partial charge < -0.3 is 14.8 Å². The summed E-state index contributed by atoms with van der Waals surface area (Å²) in [5, 5.41) is 3.27. The maximum Gasteiger partial charge on any atom is 0.0700 e. The van der Waals surface area contributed by atoms with Crippen molar-refractivity contribution in [2.75, 3.05) is 40.5 Å². The highest BCUT2D eigenvalue weighted by Crippen LogP contribution is 2.22. The lowest BCUT2D eigenvalue weighted by atomic mass is 9.92. The number of benzene rings is 1. The second-order valence-corrected chi connectivity index (χ2v) is 4.51. The van der Waals surface area contributed by atoms with E-state index in [1.54, 1.807) is 7.11 Å². The molecule has 1 aromatic carbocycles. The van der Waals surface area contributed by atoms with Gasteiger partial charge in [0.25, 0.3) is 0 Å². The lowest BCUT2D eigenvalue weighted by Gasteiger charge is -2.19. The quantitative estimate of drug-likeness (QED) is 0.683. The third kappa shape index (κ3) is 5.17. The minimum atomic E-state index is 0.513. The second-order valence-electron chi connectivity index (χ2n) is 4.51. The van der Waals surface area contributed by atoms with Crippen LogP contribution in [0.4, 0.5) is 0 Å². The number of nitrogens with one attached hydrogen (secondary N) is 1. The van der Waals surface area contributed by atoms with E-state index in [0.29, 0.717) is 19.1 Å². The smallest absolute Gasteiger partial charge is 0.0700 e. The number of rotatable bonds is 9.